The lowest BCUT2D eigenvalue weighted by Gasteiger charge is -2.27. The van der Waals surface area contributed by atoms with Crippen molar-refractivity contribution in [3.8, 4) is 28.4 Å². The van der Waals surface area contributed by atoms with Gasteiger partial charge in [-0.05, 0) is 155 Å². The zero-order valence-electron chi connectivity index (χ0n) is 40.5. The molecule has 5 aromatic rings. The van der Waals surface area contributed by atoms with Crippen molar-refractivity contribution in [2.75, 3.05) is 44.6 Å². The molecular weight excluding hydrogens is 919 g/mol. The van der Waals surface area contributed by atoms with Crippen molar-refractivity contribution in [1.82, 2.24) is 4.98 Å². The molecule has 0 radical (unpaired) electrons. The van der Waals surface area contributed by atoms with Crippen LogP contribution in [0, 0.1) is 11.8 Å². The second kappa shape index (κ2) is 29.2. The number of nitrogens with zero attached hydrogens (tertiary/aromatic N) is 3. The van der Waals surface area contributed by atoms with Crippen LogP contribution in [-0.2, 0) is 39.8 Å². The van der Waals surface area contributed by atoms with E-state index in [2.05, 4.69) is 50.1 Å². The molecule has 0 atom stereocenters. The lowest BCUT2D eigenvalue weighted by Crippen LogP contribution is -2.27. The van der Waals surface area contributed by atoms with Crippen LogP contribution in [0.5, 0.6) is 17.2 Å². The lowest BCUT2D eigenvalue weighted by atomic mass is 9.82. The molecule has 0 unspecified atom stereocenters. The molecular formula is C57H65N3O10S. The molecule has 4 aromatic carbocycles. The first kappa shape index (κ1) is 53.3. The lowest BCUT2D eigenvalue weighted by molar-refractivity contribution is -0.140. The van der Waals surface area contributed by atoms with Gasteiger partial charge in [-0.1, -0.05) is 73.5 Å². The molecule has 0 amide bonds. The molecule has 0 aliphatic heterocycles. The van der Waals surface area contributed by atoms with Crippen LogP contribution in [0.4, 0.5) is 5.13 Å². The van der Waals surface area contributed by atoms with Gasteiger partial charge < -0.3 is 28.4 Å². The minimum atomic E-state index is -0.443. The highest BCUT2D eigenvalue weighted by atomic mass is 32.1. The summed E-state index contributed by atoms with van der Waals surface area (Å²) in [6, 6.07) is 29.7. The maximum absolute atomic E-state index is 13.2. The summed E-state index contributed by atoms with van der Waals surface area (Å²) in [5.41, 5.74) is 4.96. The molecule has 1 aromatic heterocycles. The van der Waals surface area contributed by atoms with Gasteiger partial charge in [0.25, 0.3) is 0 Å². The Labute approximate surface area is 421 Å². The van der Waals surface area contributed by atoms with E-state index in [9.17, 15) is 19.2 Å². The first-order chi connectivity index (χ1) is 34.7. The number of hydrogen-bond acceptors (Lipinski definition) is 14. The molecule has 1 saturated carbocycles. The van der Waals surface area contributed by atoms with E-state index in [0.29, 0.717) is 57.3 Å². The van der Waals surface area contributed by atoms with Crippen LogP contribution in [0.15, 0.2) is 134 Å². The van der Waals surface area contributed by atoms with Gasteiger partial charge in [0, 0.05) is 30.3 Å². The number of unbranched alkanes of at least 4 members (excludes halogenated alkanes) is 5. The minimum absolute atomic E-state index is 0.182. The van der Waals surface area contributed by atoms with Crippen LogP contribution < -0.4 is 19.2 Å². The molecule has 1 heterocycles. The molecule has 71 heavy (non-hydrogen) atoms. The smallest absolute Gasteiger partial charge is 0.330 e. The molecule has 6 rings (SSSR count). The molecule has 1 fully saturated rings. The van der Waals surface area contributed by atoms with Gasteiger partial charge in [0.1, 0.15) is 17.2 Å². The van der Waals surface area contributed by atoms with Crippen molar-refractivity contribution in [3.05, 3.63) is 140 Å². The molecule has 0 N–H and O–H groups in total. The third kappa shape index (κ3) is 18.0. The Morgan fingerprint density at radius 2 is 1.25 bits per heavy atom. The van der Waals surface area contributed by atoms with Crippen LogP contribution in [-0.4, -0.2) is 74.7 Å². The zero-order chi connectivity index (χ0) is 50.0. The number of rotatable bonds is 30. The number of ether oxygens (including phenoxy) is 6. The summed E-state index contributed by atoms with van der Waals surface area (Å²) in [6.07, 6.45) is 15.9. The Kier molecular flexibility index (Phi) is 21.9. The minimum Gasteiger partial charge on any atom is -0.494 e. The molecule has 0 saturated heterocycles. The highest BCUT2D eigenvalue weighted by Crippen LogP contribution is 2.34. The van der Waals surface area contributed by atoms with Gasteiger partial charge in [-0.3, -0.25) is 4.79 Å². The van der Waals surface area contributed by atoms with Crippen molar-refractivity contribution < 1.29 is 47.6 Å². The van der Waals surface area contributed by atoms with Crippen molar-refractivity contribution in [1.29, 1.82) is 0 Å². The molecule has 14 heteroatoms. The predicted molar refractivity (Wildman–Crippen MR) is 279 cm³/mol. The van der Waals surface area contributed by atoms with Crippen molar-refractivity contribution in [2.24, 2.45) is 16.9 Å². The van der Waals surface area contributed by atoms with E-state index < -0.39 is 17.9 Å². The summed E-state index contributed by atoms with van der Waals surface area (Å²) in [7, 11) is 0. The summed E-state index contributed by atoms with van der Waals surface area (Å²) >= 11 is 1.57. The van der Waals surface area contributed by atoms with Crippen molar-refractivity contribution in [3.63, 3.8) is 0 Å². The molecule has 1 aliphatic rings. The highest BCUT2D eigenvalue weighted by Gasteiger charge is 2.28. The fourth-order valence-corrected chi connectivity index (χ4v) is 8.93. The Bertz CT molecular complexity index is 2510. The number of hydrogen-bond donors (Lipinski definition) is 0. The summed E-state index contributed by atoms with van der Waals surface area (Å²) in [6.45, 7) is 13.0. The van der Waals surface area contributed by atoms with Crippen molar-refractivity contribution >= 4 is 56.8 Å². The maximum atomic E-state index is 13.2. The Morgan fingerprint density at radius 1 is 0.648 bits per heavy atom. The normalized spacial score (nSPS) is 14.3. The number of hydrazone groups is 1. The summed E-state index contributed by atoms with van der Waals surface area (Å²) in [5.74, 6) is 0.571. The monoisotopic (exact) mass is 983 g/mol. The number of aryl methyl sites for hydroxylation is 1. The third-order valence-corrected chi connectivity index (χ3v) is 13.0. The number of carbonyl (C=O) groups excluding carboxylic acids is 4. The topological polar surface area (TPSA) is 152 Å². The summed E-state index contributed by atoms with van der Waals surface area (Å²) < 4.78 is 34.5. The van der Waals surface area contributed by atoms with Gasteiger partial charge in [-0.15, -0.1) is 0 Å². The second-order valence-electron chi connectivity index (χ2n) is 17.2. The Hall–Kier alpha value is -7.06. The third-order valence-electron chi connectivity index (χ3n) is 12.0. The van der Waals surface area contributed by atoms with Gasteiger partial charge in [0.05, 0.1) is 55.4 Å². The fraction of sp³-hybridized carbons (Fsp3) is 0.368. The van der Waals surface area contributed by atoms with E-state index in [1.807, 2.05) is 59.8 Å². The molecule has 1 aliphatic carbocycles. The molecule has 13 nitrogen and oxygen atoms in total. The van der Waals surface area contributed by atoms with Crippen LogP contribution in [0.3, 0.4) is 0 Å². The molecule has 374 valence electrons. The highest BCUT2D eigenvalue weighted by molar-refractivity contribution is 7.22. The van der Waals surface area contributed by atoms with Crippen LogP contribution in [0.2, 0.25) is 0 Å². The number of esters is 4. The van der Waals surface area contributed by atoms with Crippen LogP contribution in [0.1, 0.15) is 88.2 Å². The van der Waals surface area contributed by atoms with E-state index in [1.165, 1.54) is 23.8 Å². The Balaban J connectivity index is 1.05. The number of thiazole rings is 1. The largest absolute Gasteiger partial charge is 0.494 e. The number of anilines is 1. The van der Waals surface area contributed by atoms with Crippen LogP contribution >= 0.6 is 11.3 Å². The number of aromatic nitrogens is 1. The van der Waals surface area contributed by atoms with E-state index in [1.54, 1.807) is 23.5 Å². The number of fused-ring (bicyclic) bond motifs is 1. The number of carbonyl (C=O) groups is 4. The van der Waals surface area contributed by atoms with E-state index in [0.717, 1.165) is 108 Å². The maximum Gasteiger partial charge on any atom is 0.330 e. The van der Waals surface area contributed by atoms with Gasteiger partial charge in [0.2, 0.25) is 5.13 Å². The van der Waals surface area contributed by atoms with E-state index in [-0.39, 0.29) is 24.4 Å². The van der Waals surface area contributed by atoms with Crippen LogP contribution in [0.25, 0.3) is 21.3 Å². The average Bonchev–Trinajstić information content (AvgIpc) is 3.84. The fourth-order valence-electron chi connectivity index (χ4n) is 7.98. The predicted octanol–water partition coefficient (Wildman–Crippen LogP) is 11.8. The van der Waals surface area contributed by atoms with Gasteiger partial charge in [-0.2, -0.15) is 5.10 Å². The zero-order valence-corrected chi connectivity index (χ0v) is 41.3. The average molecular weight is 984 g/mol. The van der Waals surface area contributed by atoms with E-state index >= 15 is 0 Å². The number of para-hydroxylation sites is 1. The van der Waals surface area contributed by atoms with E-state index in [4.69, 9.17) is 38.5 Å². The quantitative estimate of drug-likeness (QED) is 0.00819. The first-order valence-corrected chi connectivity index (χ1v) is 25.4. The van der Waals surface area contributed by atoms with Gasteiger partial charge >= 0.3 is 23.9 Å². The SMILES string of the molecule is C=CC(=O)OCCCCCCOc1ccc(OC(=O)C2CCC(COc3ccc(-c4ccc(CCCCOC(=O)C=C)cc4)c(/C=N/N(CCCCOC(=O)C=C)c4nc5ccccc5s4)c3)CC2)cc1. The Morgan fingerprint density at radius 3 is 1.92 bits per heavy atom. The summed E-state index contributed by atoms with van der Waals surface area (Å²) in [4.78, 5) is 52.3. The second-order valence-corrected chi connectivity index (χ2v) is 18.2. The molecule has 0 spiro atoms. The summed E-state index contributed by atoms with van der Waals surface area (Å²) in [5, 5.41) is 7.70. The van der Waals surface area contributed by atoms with Gasteiger partial charge in [0.15, 0.2) is 0 Å². The number of benzene rings is 4. The standard InChI is InChI=1S/C57H65N3O10S/c1-4-53(61)66-36-14-8-7-13-35-65-47-28-30-48(31-29-47)70-56(64)45-26-22-43(23-27-45)41-69-49-32-33-50(44-24-20-42(21-25-44)17-11-15-37-67-54(62)5-2)46(39-49)40-58-60(34-12-16-38-68-55(63)6-3)57-59-51-18-9-10-19-52(51)71-57/h4-6,9-10,18-21,24-25,28-33,39-40,43,45H,1-3,7-8,11-17,22-23,26-27,34-38,41H2/b58-40+. The molecule has 0 bridgehead atoms. The van der Waals surface area contributed by atoms with Crippen molar-refractivity contribution in [2.45, 2.75) is 83.5 Å². The first-order valence-electron chi connectivity index (χ1n) is 24.6. The van der Waals surface area contributed by atoms with Gasteiger partial charge in [-0.25, -0.2) is 24.4 Å².